The van der Waals surface area contributed by atoms with Gasteiger partial charge in [-0.3, -0.25) is 0 Å². The van der Waals surface area contributed by atoms with Crippen LogP contribution in [0, 0.1) is 17.2 Å². The van der Waals surface area contributed by atoms with Crippen LogP contribution in [0.4, 0.5) is 5.69 Å². The van der Waals surface area contributed by atoms with Gasteiger partial charge < -0.3 is 10.2 Å². The quantitative estimate of drug-likeness (QED) is 0.783. The van der Waals surface area contributed by atoms with E-state index in [9.17, 15) is 5.26 Å². The molecule has 1 saturated carbocycles. The van der Waals surface area contributed by atoms with Gasteiger partial charge in [-0.25, -0.2) is 4.98 Å². The Morgan fingerprint density at radius 3 is 2.72 bits per heavy atom. The smallest absolute Gasteiger partial charge is 0.143 e. The van der Waals surface area contributed by atoms with Gasteiger partial charge in [0.05, 0.1) is 5.52 Å². The third-order valence-electron chi connectivity index (χ3n) is 5.24. The number of benzene rings is 1. The molecule has 0 radical (unpaired) electrons. The number of aromatic nitrogens is 1. The van der Waals surface area contributed by atoms with Crippen LogP contribution in [0.1, 0.15) is 37.8 Å². The van der Waals surface area contributed by atoms with E-state index in [1.807, 2.05) is 18.2 Å². The highest BCUT2D eigenvalue weighted by Crippen LogP contribution is 2.30. The normalized spacial score (nSPS) is 16.8. The average Bonchev–Trinajstić information content (AvgIpc) is 2.62. The molecule has 0 aliphatic heterocycles. The van der Waals surface area contributed by atoms with Crippen molar-refractivity contribution in [3.63, 3.8) is 0 Å². The van der Waals surface area contributed by atoms with Crippen molar-refractivity contribution in [3.05, 3.63) is 34.4 Å². The summed E-state index contributed by atoms with van der Waals surface area (Å²) in [4.78, 5) is 6.76. The summed E-state index contributed by atoms with van der Waals surface area (Å²) in [6.07, 6.45) is 6.70. The first-order valence-corrected chi connectivity index (χ1v) is 9.78. The van der Waals surface area contributed by atoms with Crippen molar-refractivity contribution < 1.29 is 0 Å². The van der Waals surface area contributed by atoms with Gasteiger partial charge in [-0.15, -0.1) is 0 Å². The van der Waals surface area contributed by atoms with Crippen LogP contribution in [0.15, 0.2) is 28.7 Å². The number of halogens is 1. The van der Waals surface area contributed by atoms with Crippen LogP contribution < -0.4 is 5.32 Å². The molecule has 1 aliphatic rings. The molecule has 5 heteroatoms. The molecule has 1 heterocycles. The standard InChI is InChI=1S/C20H25BrN4/c1-25(2)20(14-6-4-3-5-7-14)13-23-19-11-16(12-22)24-18-9-8-15(21)10-17(18)19/h8-11,14,20H,3-7,13H2,1-2H3,(H,23,24). The third kappa shape index (κ3) is 4.31. The van der Waals surface area contributed by atoms with Gasteiger partial charge in [0.15, 0.2) is 0 Å². The minimum absolute atomic E-state index is 0.455. The van der Waals surface area contributed by atoms with Gasteiger partial charge in [-0.2, -0.15) is 5.26 Å². The van der Waals surface area contributed by atoms with E-state index >= 15 is 0 Å². The van der Waals surface area contributed by atoms with Gasteiger partial charge in [-0.1, -0.05) is 35.2 Å². The van der Waals surface area contributed by atoms with Crippen LogP contribution in [-0.4, -0.2) is 36.6 Å². The Labute approximate surface area is 158 Å². The highest BCUT2D eigenvalue weighted by atomic mass is 79.9. The Bertz CT molecular complexity index is 775. The molecule has 25 heavy (non-hydrogen) atoms. The van der Waals surface area contributed by atoms with E-state index in [0.29, 0.717) is 11.7 Å². The number of nitriles is 1. The summed E-state index contributed by atoms with van der Waals surface area (Å²) in [5.41, 5.74) is 2.30. The molecule has 1 fully saturated rings. The Kier molecular flexibility index (Phi) is 5.93. The summed E-state index contributed by atoms with van der Waals surface area (Å²) in [6.45, 7) is 0.883. The van der Waals surface area contributed by atoms with Gasteiger partial charge in [0, 0.05) is 28.1 Å². The number of anilines is 1. The molecule has 0 amide bonds. The topological polar surface area (TPSA) is 52.0 Å². The number of pyridine rings is 1. The second-order valence-electron chi connectivity index (χ2n) is 7.14. The van der Waals surface area contributed by atoms with Crippen LogP contribution in [0.5, 0.6) is 0 Å². The Hall–Kier alpha value is -1.64. The lowest BCUT2D eigenvalue weighted by Crippen LogP contribution is -2.41. The summed E-state index contributed by atoms with van der Waals surface area (Å²) in [5, 5.41) is 14.0. The maximum atomic E-state index is 9.29. The second-order valence-corrected chi connectivity index (χ2v) is 8.05. The van der Waals surface area contributed by atoms with E-state index in [1.165, 1.54) is 32.1 Å². The first-order valence-electron chi connectivity index (χ1n) is 8.99. The van der Waals surface area contributed by atoms with Crippen molar-refractivity contribution in [1.82, 2.24) is 9.88 Å². The van der Waals surface area contributed by atoms with Crippen molar-refractivity contribution >= 4 is 32.5 Å². The van der Waals surface area contributed by atoms with Gasteiger partial charge in [0.2, 0.25) is 0 Å². The molecule has 3 rings (SSSR count). The molecule has 1 aliphatic carbocycles. The van der Waals surface area contributed by atoms with Crippen molar-refractivity contribution in [2.24, 2.45) is 5.92 Å². The maximum absolute atomic E-state index is 9.29. The number of fused-ring (bicyclic) bond motifs is 1. The van der Waals surface area contributed by atoms with Crippen molar-refractivity contribution in [2.45, 2.75) is 38.1 Å². The van der Waals surface area contributed by atoms with E-state index in [1.54, 1.807) is 0 Å². The Balaban J connectivity index is 1.85. The number of hydrogen-bond acceptors (Lipinski definition) is 4. The zero-order chi connectivity index (χ0) is 17.8. The van der Waals surface area contributed by atoms with E-state index in [2.05, 4.69) is 57.4 Å². The zero-order valence-electron chi connectivity index (χ0n) is 14.9. The fourth-order valence-corrected chi connectivity index (χ4v) is 4.27. The number of rotatable bonds is 5. The van der Waals surface area contributed by atoms with Crippen molar-refractivity contribution in [1.29, 1.82) is 5.26 Å². The first-order chi connectivity index (χ1) is 12.1. The van der Waals surface area contributed by atoms with E-state index < -0.39 is 0 Å². The minimum Gasteiger partial charge on any atom is -0.383 e. The fraction of sp³-hybridized carbons (Fsp3) is 0.500. The predicted octanol–water partition coefficient (Wildman–Crippen LogP) is 4.79. The monoisotopic (exact) mass is 400 g/mol. The van der Waals surface area contributed by atoms with Crippen LogP contribution in [0.25, 0.3) is 10.9 Å². The lowest BCUT2D eigenvalue weighted by molar-refractivity contribution is 0.179. The number of nitrogens with one attached hydrogen (secondary N) is 1. The van der Waals surface area contributed by atoms with Gasteiger partial charge in [-0.05, 0) is 57.1 Å². The molecule has 0 spiro atoms. The Morgan fingerprint density at radius 2 is 2.04 bits per heavy atom. The highest BCUT2D eigenvalue weighted by Gasteiger charge is 2.25. The number of nitrogens with zero attached hydrogens (tertiary/aromatic N) is 3. The average molecular weight is 401 g/mol. The maximum Gasteiger partial charge on any atom is 0.143 e. The van der Waals surface area contributed by atoms with Crippen LogP contribution in [0.3, 0.4) is 0 Å². The molecular formula is C20H25BrN4. The van der Waals surface area contributed by atoms with Crippen LogP contribution >= 0.6 is 15.9 Å². The van der Waals surface area contributed by atoms with Gasteiger partial charge in [0.25, 0.3) is 0 Å². The van der Waals surface area contributed by atoms with Gasteiger partial charge >= 0.3 is 0 Å². The molecule has 2 aromatic rings. The van der Waals surface area contributed by atoms with Crippen LogP contribution in [-0.2, 0) is 0 Å². The number of likely N-dealkylation sites (N-methyl/N-ethyl adjacent to an activating group) is 1. The van der Waals surface area contributed by atoms with Crippen molar-refractivity contribution in [3.8, 4) is 6.07 Å². The Morgan fingerprint density at radius 1 is 1.28 bits per heavy atom. The largest absolute Gasteiger partial charge is 0.383 e. The lowest BCUT2D eigenvalue weighted by Gasteiger charge is -2.35. The SMILES string of the molecule is CN(C)C(CNc1cc(C#N)nc2ccc(Br)cc12)C1CCCCC1. The molecule has 1 atom stereocenters. The zero-order valence-corrected chi connectivity index (χ0v) is 16.5. The van der Waals surface area contributed by atoms with E-state index in [-0.39, 0.29) is 0 Å². The molecule has 1 unspecified atom stereocenters. The summed E-state index contributed by atoms with van der Waals surface area (Å²) in [5.74, 6) is 0.742. The molecule has 1 aromatic heterocycles. The molecule has 132 valence electrons. The van der Waals surface area contributed by atoms with E-state index in [0.717, 1.165) is 33.5 Å². The lowest BCUT2D eigenvalue weighted by atomic mass is 9.83. The molecular weight excluding hydrogens is 376 g/mol. The van der Waals surface area contributed by atoms with Crippen LogP contribution in [0.2, 0.25) is 0 Å². The molecule has 1 aromatic carbocycles. The minimum atomic E-state index is 0.455. The number of hydrogen-bond donors (Lipinski definition) is 1. The predicted molar refractivity (Wildman–Crippen MR) is 107 cm³/mol. The fourth-order valence-electron chi connectivity index (χ4n) is 3.91. The summed E-state index contributed by atoms with van der Waals surface area (Å²) >= 11 is 3.54. The molecule has 4 nitrogen and oxygen atoms in total. The first kappa shape index (κ1) is 18.2. The highest BCUT2D eigenvalue weighted by molar-refractivity contribution is 9.10. The van der Waals surface area contributed by atoms with Crippen molar-refractivity contribution in [2.75, 3.05) is 26.0 Å². The molecule has 0 bridgehead atoms. The second kappa shape index (κ2) is 8.16. The third-order valence-corrected chi connectivity index (χ3v) is 5.74. The summed E-state index contributed by atoms with van der Waals surface area (Å²) in [7, 11) is 4.34. The van der Waals surface area contributed by atoms with E-state index in [4.69, 9.17) is 0 Å². The van der Waals surface area contributed by atoms with Gasteiger partial charge in [0.1, 0.15) is 11.8 Å². The summed E-state index contributed by atoms with van der Waals surface area (Å²) < 4.78 is 1.02. The molecule has 0 saturated heterocycles. The summed E-state index contributed by atoms with van der Waals surface area (Å²) in [6, 6.07) is 10.5. The molecule has 1 N–H and O–H groups in total.